The Balaban J connectivity index is 1.77. The average molecular weight is 281 g/mol. The monoisotopic (exact) mass is 280 g/mol. The van der Waals surface area contributed by atoms with Gasteiger partial charge >= 0.3 is 0 Å². The number of rotatable bonds is 6. The molecular weight excluding hydrogens is 268 g/mol. The van der Waals surface area contributed by atoms with Crippen molar-refractivity contribution in [3.63, 3.8) is 0 Å². The minimum Gasteiger partial charge on any atom is -0.373 e. The predicted octanol–water partition coefficient (Wildman–Crippen LogP) is 3.84. The average Bonchev–Trinajstić information content (AvgIpc) is 2.88. The van der Waals surface area contributed by atoms with Crippen molar-refractivity contribution in [1.82, 2.24) is 0 Å². The van der Waals surface area contributed by atoms with Crippen LogP contribution in [0, 0.1) is 0 Å². The number of thiophene rings is 1. The van der Waals surface area contributed by atoms with Gasteiger partial charge in [0.1, 0.15) is 6.61 Å². The summed E-state index contributed by atoms with van der Waals surface area (Å²) < 4.78 is 5.38. The minimum atomic E-state index is -0.0771. The molecule has 0 aliphatic rings. The second-order valence-corrected chi connectivity index (χ2v) is 5.22. The van der Waals surface area contributed by atoms with Crippen molar-refractivity contribution in [2.24, 2.45) is 0 Å². The van der Waals surface area contributed by atoms with E-state index in [0.29, 0.717) is 17.2 Å². The van der Waals surface area contributed by atoms with E-state index in [1.165, 1.54) is 4.88 Å². The third kappa shape index (κ3) is 3.67. The van der Waals surface area contributed by atoms with Crippen molar-refractivity contribution >= 4 is 28.7 Å². The maximum Gasteiger partial charge on any atom is 0.189 e. The molecular formula is C14H13ClO2S. The van der Waals surface area contributed by atoms with Gasteiger partial charge in [0.05, 0.1) is 11.6 Å². The van der Waals surface area contributed by atoms with Gasteiger partial charge in [-0.2, -0.15) is 0 Å². The number of hydrogen-bond acceptors (Lipinski definition) is 3. The van der Waals surface area contributed by atoms with Crippen molar-refractivity contribution < 1.29 is 9.53 Å². The van der Waals surface area contributed by atoms with Crippen molar-refractivity contribution in [3.8, 4) is 0 Å². The number of ketones is 1. The molecule has 0 amide bonds. The molecule has 0 aliphatic heterocycles. The highest BCUT2D eigenvalue weighted by Gasteiger charge is 2.09. The Morgan fingerprint density at radius 1 is 1.22 bits per heavy atom. The Hall–Kier alpha value is -1.16. The topological polar surface area (TPSA) is 26.3 Å². The minimum absolute atomic E-state index is 0.0771. The molecule has 0 unspecified atom stereocenters. The standard InChI is InChI=1S/C14H13ClO2S/c15-13-6-2-1-5-12(13)14(16)10-17-8-7-11-4-3-9-18-11/h1-6,9H,7-8,10H2. The molecule has 2 nitrogen and oxygen atoms in total. The first-order valence-electron chi connectivity index (χ1n) is 5.65. The van der Waals surface area contributed by atoms with Crippen LogP contribution in [0.15, 0.2) is 41.8 Å². The first-order valence-corrected chi connectivity index (χ1v) is 6.91. The number of hydrogen-bond donors (Lipinski definition) is 0. The lowest BCUT2D eigenvalue weighted by atomic mass is 10.1. The van der Waals surface area contributed by atoms with Crippen LogP contribution in [-0.2, 0) is 11.2 Å². The van der Waals surface area contributed by atoms with Crippen LogP contribution in [0.25, 0.3) is 0 Å². The van der Waals surface area contributed by atoms with Crippen molar-refractivity contribution in [3.05, 3.63) is 57.2 Å². The van der Waals surface area contributed by atoms with E-state index in [1.54, 1.807) is 35.6 Å². The Morgan fingerprint density at radius 3 is 2.78 bits per heavy atom. The fourth-order valence-electron chi connectivity index (χ4n) is 1.56. The Bertz CT molecular complexity index is 508. The Kier molecular flexibility index (Phi) is 4.93. The zero-order valence-corrected chi connectivity index (χ0v) is 11.3. The van der Waals surface area contributed by atoms with E-state index >= 15 is 0 Å². The van der Waals surface area contributed by atoms with Crippen LogP contribution in [0.2, 0.25) is 5.02 Å². The largest absolute Gasteiger partial charge is 0.373 e. The lowest BCUT2D eigenvalue weighted by Gasteiger charge is -2.04. The van der Waals surface area contributed by atoms with Gasteiger partial charge in [0, 0.05) is 16.9 Å². The molecule has 0 aliphatic carbocycles. The van der Waals surface area contributed by atoms with Crippen LogP contribution in [0.3, 0.4) is 0 Å². The fourth-order valence-corrected chi connectivity index (χ4v) is 2.49. The number of Topliss-reactive ketones (excluding diaryl/α,β-unsaturated/α-hetero) is 1. The molecule has 0 atom stereocenters. The highest BCUT2D eigenvalue weighted by Crippen LogP contribution is 2.15. The molecule has 0 N–H and O–H groups in total. The first-order chi connectivity index (χ1) is 8.77. The fraction of sp³-hybridized carbons (Fsp3) is 0.214. The highest BCUT2D eigenvalue weighted by molar-refractivity contribution is 7.09. The van der Waals surface area contributed by atoms with E-state index in [0.717, 1.165) is 6.42 Å². The second-order valence-electron chi connectivity index (χ2n) is 3.78. The second kappa shape index (κ2) is 6.69. The van der Waals surface area contributed by atoms with Crippen LogP contribution < -0.4 is 0 Å². The first kappa shape index (κ1) is 13.3. The SMILES string of the molecule is O=C(COCCc1cccs1)c1ccccc1Cl. The van der Waals surface area contributed by atoms with E-state index in [1.807, 2.05) is 11.4 Å². The predicted molar refractivity (Wildman–Crippen MR) is 74.6 cm³/mol. The molecule has 94 valence electrons. The Morgan fingerprint density at radius 2 is 2.06 bits per heavy atom. The zero-order chi connectivity index (χ0) is 12.8. The lowest BCUT2D eigenvalue weighted by Crippen LogP contribution is -2.11. The lowest BCUT2D eigenvalue weighted by molar-refractivity contribution is 0.0766. The normalized spacial score (nSPS) is 10.5. The maximum absolute atomic E-state index is 11.8. The van der Waals surface area contributed by atoms with Gasteiger partial charge in [0.15, 0.2) is 5.78 Å². The van der Waals surface area contributed by atoms with Crippen LogP contribution in [-0.4, -0.2) is 19.0 Å². The summed E-state index contributed by atoms with van der Waals surface area (Å²) >= 11 is 7.63. The van der Waals surface area contributed by atoms with Crippen molar-refractivity contribution in [2.75, 3.05) is 13.2 Å². The molecule has 1 aromatic carbocycles. The number of carbonyl (C=O) groups excluding carboxylic acids is 1. The van der Waals surface area contributed by atoms with Gasteiger partial charge in [0.2, 0.25) is 0 Å². The summed E-state index contributed by atoms with van der Waals surface area (Å²) in [6, 6.07) is 11.1. The number of benzene rings is 1. The van der Waals surface area contributed by atoms with Crippen molar-refractivity contribution in [2.45, 2.75) is 6.42 Å². The molecule has 0 radical (unpaired) electrons. The summed E-state index contributed by atoms with van der Waals surface area (Å²) in [6.07, 6.45) is 0.841. The summed E-state index contributed by atoms with van der Waals surface area (Å²) in [5.74, 6) is -0.0771. The quantitative estimate of drug-likeness (QED) is 0.593. The molecule has 2 rings (SSSR count). The molecule has 2 aromatic rings. The van der Waals surface area contributed by atoms with Crippen molar-refractivity contribution in [1.29, 1.82) is 0 Å². The van der Waals surface area contributed by atoms with Gasteiger partial charge in [-0.1, -0.05) is 29.8 Å². The molecule has 18 heavy (non-hydrogen) atoms. The Labute approximate surface area is 115 Å². The van der Waals surface area contributed by atoms with Gasteiger partial charge in [-0.15, -0.1) is 11.3 Å². The van der Waals surface area contributed by atoms with Crippen LogP contribution in [0.4, 0.5) is 0 Å². The van der Waals surface area contributed by atoms with Gasteiger partial charge < -0.3 is 4.74 Å². The van der Waals surface area contributed by atoms with Gasteiger partial charge in [-0.05, 0) is 23.6 Å². The molecule has 4 heteroatoms. The van der Waals surface area contributed by atoms with Crippen LogP contribution in [0.5, 0.6) is 0 Å². The molecule has 1 heterocycles. The van der Waals surface area contributed by atoms with Gasteiger partial charge in [0.25, 0.3) is 0 Å². The van der Waals surface area contributed by atoms with E-state index in [4.69, 9.17) is 16.3 Å². The third-order valence-corrected chi connectivity index (χ3v) is 3.75. The molecule has 0 spiro atoms. The summed E-state index contributed by atoms with van der Waals surface area (Å²) in [5.41, 5.74) is 0.523. The summed E-state index contributed by atoms with van der Waals surface area (Å²) in [6.45, 7) is 0.631. The van der Waals surface area contributed by atoms with E-state index < -0.39 is 0 Å². The van der Waals surface area contributed by atoms with E-state index in [-0.39, 0.29) is 12.4 Å². The summed E-state index contributed by atoms with van der Waals surface area (Å²) in [7, 11) is 0. The molecule has 0 saturated carbocycles. The zero-order valence-electron chi connectivity index (χ0n) is 9.77. The molecule has 0 fully saturated rings. The van der Waals surface area contributed by atoms with E-state index in [9.17, 15) is 4.79 Å². The van der Waals surface area contributed by atoms with Crippen LogP contribution in [0.1, 0.15) is 15.2 Å². The number of carbonyl (C=O) groups is 1. The number of halogens is 1. The van der Waals surface area contributed by atoms with Gasteiger partial charge in [-0.25, -0.2) is 0 Å². The number of ether oxygens (including phenoxy) is 1. The smallest absolute Gasteiger partial charge is 0.189 e. The highest BCUT2D eigenvalue weighted by atomic mass is 35.5. The third-order valence-electron chi connectivity index (χ3n) is 2.48. The molecule has 0 saturated heterocycles. The molecule has 1 aromatic heterocycles. The van der Waals surface area contributed by atoms with Gasteiger partial charge in [-0.3, -0.25) is 4.79 Å². The van der Waals surface area contributed by atoms with Crippen LogP contribution >= 0.6 is 22.9 Å². The maximum atomic E-state index is 11.8. The summed E-state index contributed by atoms with van der Waals surface area (Å²) in [4.78, 5) is 13.1. The summed E-state index contributed by atoms with van der Waals surface area (Å²) in [5, 5.41) is 2.51. The van der Waals surface area contributed by atoms with E-state index in [2.05, 4.69) is 6.07 Å². The molecule has 0 bridgehead atoms.